The van der Waals surface area contributed by atoms with Gasteiger partial charge in [-0.15, -0.1) is 0 Å². The summed E-state index contributed by atoms with van der Waals surface area (Å²) in [4.78, 5) is 4.64. The zero-order valence-electron chi connectivity index (χ0n) is 13.7. The molecular formula is C18H25N3O. The molecule has 0 saturated carbocycles. The SMILES string of the molecule is CNc1c(CN2CCOCC2)ccc2cccc(N(C)C)c12. The number of anilines is 2. The smallest absolute Gasteiger partial charge is 0.0594 e. The molecule has 22 heavy (non-hydrogen) atoms. The number of fused-ring (bicyclic) bond motifs is 1. The van der Waals surface area contributed by atoms with Gasteiger partial charge in [-0.25, -0.2) is 0 Å². The largest absolute Gasteiger partial charge is 0.387 e. The molecule has 0 unspecified atom stereocenters. The molecule has 1 aliphatic heterocycles. The van der Waals surface area contributed by atoms with Crippen molar-refractivity contribution in [2.24, 2.45) is 0 Å². The Kier molecular flexibility index (Phi) is 4.50. The van der Waals surface area contributed by atoms with Crippen LogP contribution < -0.4 is 10.2 Å². The molecule has 1 heterocycles. The quantitative estimate of drug-likeness (QED) is 0.939. The highest BCUT2D eigenvalue weighted by Crippen LogP contribution is 2.35. The van der Waals surface area contributed by atoms with Crippen molar-refractivity contribution in [2.75, 3.05) is 57.7 Å². The van der Waals surface area contributed by atoms with E-state index < -0.39 is 0 Å². The van der Waals surface area contributed by atoms with E-state index in [1.807, 2.05) is 7.05 Å². The van der Waals surface area contributed by atoms with Crippen molar-refractivity contribution in [3.05, 3.63) is 35.9 Å². The lowest BCUT2D eigenvalue weighted by Gasteiger charge is -2.28. The number of nitrogens with one attached hydrogen (secondary N) is 1. The summed E-state index contributed by atoms with van der Waals surface area (Å²) >= 11 is 0. The maximum absolute atomic E-state index is 5.45. The minimum absolute atomic E-state index is 0.839. The van der Waals surface area contributed by atoms with Crippen LogP contribution in [0.3, 0.4) is 0 Å². The number of ether oxygens (including phenoxy) is 1. The van der Waals surface area contributed by atoms with Crippen LogP contribution in [-0.4, -0.2) is 52.3 Å². The standard InChI is InChI=1S/C18H25N3O/c1-19-18-15(13-21-9-11-22-12-10-21)8-7-14-5-4-6-16(17(14)18)20(2)3/h4-8,19H,9-13H2,1-3H3. The predicted molar refractivity (Wildman–Crippen MR) is 93.9 cm³/mol. The van der Waals surface area contributed by atoms with E-state index in [-0.39, 0.29) is 0 Å². The lowest BCUT2D eigenvalue weighted by atomic mass is 10.0. The molecule has 4 heteroatoms. The van der Waals surface area contributed by atoms with Gasteiger partial charge in [-0.2, -0.15) is 0 Å². The summed E-state index contributed by atoms with van der Waals surface area (Å²) < 4.78 is 5.45. The molecule has 0 bridgehead atoms. The Morgan fingerprint density at radius 2 is 1.91 bits per heavy atom. The minimum Gasteiger partial charge on any atom is -0.387 e. The van der Waals surface area contributed by atoms with E-state index in [1.165, 1.54) is 27.7 Å². The monoisotopic (exact) mass is 299 g/mol. The predicted octanol–water partition coefficient (Wildman–Crippen LogP) is 2.78. The van der Waals surface area contributed by atoms with Gasteiger partial charge in [0, 0.05) is 57.5 Å². The van der Waals surface area contributed by atoms with Crippen molar-refractivity contribution in [1.29, 1.82) is 0 Å². The van der Waals surface area contributed by atoms with Crippen LogP contribution in [0.5, 0.6) is 0 Å². The van der Waals surface area contributed by atoms with Crippen LogP contribution in [0, 0.1) is 0 Å². The zero-order valence-corrected chi connectivity index (χ0v) is 13.7. The number of morpholine rings is 1. The third-order valence-electron chi connectivity index (χ3n) is 4.34. The molecule has 0 amide bonds. The van der Waals surface area contributed by atoms with Crippen LogP contribution in [0.1, 0.15) is 5.56 Å². The fourth-order valence-corrected chi connectivity index (χ4v) is 3.19. The van der Waals surface area contributed by atoms with Crippen LogP contribution in [0.2, 0.25) is 0 Å². The first kappa shape index (κ1) is 15.1. The molecule has 0 spiro atoms. The average Bonchev–Trinajstić information content (AvgIpc) is 2.55. The highest BCUT2D eigenvalue weighted by atomic mass is 16.5. The summed E-state index contributed by atoms with van der Waals surface area (Å²) in [5.74, 6) is 0. The first-order valence-electron chi connectivity index (χ1n) is 7.90. The molecule has 1 saturated heterocycles. The maximum Gasteiger partial charge on any atom is 0.0594 e. The van der Waals surface area contributed by atoms with Crippen molar-refractivity contribution in [2.45, 2.75) is 6.54 Å². The Labute approximate surface area is 132 Å². The van der Waals surface area contributed by atoms with Gasteiger partial charge >= 0.3 is 0 Å². The van der Waals surface area contributed by atoms with E-state index in [9.17, 15) is 0 Å². The highest BCUT2D eigenvalue weighted by molar-refractivity contribution is 6.04. The highest BCUT2D eigenvalue weighted by Gasteiger charge is 2.16. The zero-order chi connectivity index (χ0) is 15.5. The van der Waals surface area contributed by atoms with Crippen molar-refractivity contribution >= 4 is 22.1 Å². The van der Waals surface area contributed by atoms with E-state index in [4.69, 9.17) is 4.74 Å². The lowest BCUT2D eigenvalue weighted by molar-refractivity contribution is 0.0343. The number of nitrogens with zero attached hydrogens (tertiary/aromatic N) is 2. The van der Waals surface area contributed by atoms with Crippen LogP contribution in [-0.2, 0) is 11.3 Å². The second kappa shape index (κ2) is 6.55. The van der Waals surface area contributed by atoms with Gasteiger partial charge in [0.25, 0.3) is 0 Å². The summed E-state index contributed by atoms with van der Waals surface area (Å²) in [6.45, 7) is 4.67. The molecule has 0 aromatic heterocycles. The lowest BCUT2D eigenvalue weighted by Crippen LogP contribution is -2.35. The van der Waals surface area contributed by atoms with Gasteiger partial charge in [0.2, 0.25) is 0 Å². The molecule has 0 radical (unpaired) electrons. The van der Waals surface area contributed by atoms with Gasteiger partial charge in [-0.05, 0) is 17.0 Å². The van der Waals surface area contributed by atoms with E-state index >= 15 is 0 Å². The Hall–Kier alpha value is -1.78. The first-order valence-corrected chi connectivity index (χ1v) is 7.90. The molecule has 1 aliphatic rings. The Morgan fingerprint density at radius 1 is 1.14 bits per heavy atom. The second-order valence-electron chi connectivity index (χ2n) is 6.01. The molecular weight excluding hydrogens is 274 g/mol. The van der Waals surface area contributed by atoms with E-state index in [0.717, 1.165) is 32.8 Å². The van der Waals surface area contributed by atoms with Gasteiger partial charge in [0.05, 0.1) is 13.2 Å². The molecule has 2 aromatic carbocycles. The molecule has 1 N–H and O–H groups in total. The summed E-state index contributed by atoms with van der Waals surface area (Å²) in [7, 11) is 6.22. The van der Waals surface area contributed by atoms with Crippen LogP contribution in [0.15, 0.2) is 30.3 Å². The van der Waals surface area contributed by atoms with Crippen LogP contribution in [0.25, 0.3) is 10.8 Å². The number of benzene rings is 2. The third-order valence-corrected chi connectivity index (χ3v) is 4.34. The summed E-state index contributed by atoms with van der Waals surface area (Å²) in [5, 5.41) is 6.02. The summed E-state index contributed by atoms with van der Waals surface area (Å²) in [6, 6.07) is 11.0. The Morgan fingerprint density at radius 3 is 2.59 bits per heavy atom. The fourth-order valence-electron chi connectivity index (χ4n) is 3.19. The van der Waals surface area contributed by atoms with E-state index in [2.05, 4.69) is 59.5 Å². The molecule has 0 aliphatic carbocycles. The molecule has 3 rings (SSSR count). The van der Waals surface area contributed by atoms with E-state index in [1.54, 1.807) is 0 Å². The van der Waals surface area contributed by atoms with Gasteiger partial charge in [-0.1, -0.05) is 24.3 Å². The summed E-state index contributed by atoms with van der Waals surface area (Å²) in [6.07, 6.45) is 0. The van der Waals surface area contributed by atoms with Crippen molar-refractivity contribution in [1.82, 2.24) is 4.90 Å². The van der Waals surface area contributed by atoms with Gasteiger partial charge in [0.1, 0.15) is 0 Å². The van der Waals surface area contributed by atoms with Gasteiger partial charge in [-0.3, -0.25) is 4.90 Å². The molecule has 0 atom stereocenters. The van der Waals surface area contributed by atoms with Crippen molar-refractivity contribution < 1.29 is 4.74 Å². The molecule has 1 fully saturated rings. The van der Waals surface area contributed by atoms with Crippen molar-refractivity contribution in [3.63, 3.8) is 0 Å². The third kappa shape index (κ3) is 2.89. The van der Waals surface area contributed by atoms with Crippen LogP contribution in [0.4, 0.5) is 11.4 Å². The number of rotatable bonds is 4. The second-order valence-corrected chi connectivity index (χ2v) is 6.01. The normalized spacial score (nSPS) is 16.0. The van der Waals surface area contributed by atoms with Gasteiger partial charge < -0.3 is 15.0 Å². The van der Waals surface area contributed by atoms with Crippen LogP contribution >= 0.6 is 0 Å². The average molecular weight is 299 g/mol. The maximum atomic E-state index is 5.45. The Bertz CT molecular complexity index is 648. The molecule has 118 valence electrons. The van der Waals surface area contributed by atoms with E-state index in [0.29, 0.717) is 0 Å². The molecule has 2 aromatic rings. The van der Waals surface area contributed by atoms with Gasteiger partial charge in [0.15, 0.2) is 0 Å². The minimum atomic E-state index is 0.839. The number of hydrogen-bond acceptors (Lipinski definition) is 4. The van der Waals surface area contributed by atoms with Crippen molar-refractivity contribution in [3.8, 4) is 0 Å². The topological polar surface area (TPSA) is 27.7 Å². The fraction of sp³-hybridized carbons (Fsp3) is 0.444. The Balaban J connectivity index is 2.05. The number of hydrogen-bond donors (Lipinski definition) is 1. The molecule has 4 nitrogen and oxygen atoms in total. The first-order chi connectivity index (χ1) is 10.7. The summed E-state index contributed by atoms with van der Waals surface area (Å²) in [5.41, 5.74) is 3.85.